The van der Waals surface area contributed by atoms with E-state index in [1.165, 1.54) is 6.92 Å². The van der Waals surface area contributed by atoms with Gasteiger partial charge in [0.1, 0.15) is 11.8 Å². The first-order valence-electron chi connectivity index (χ1n) is 4.70. The van der Waals surface area contributed by atoms with Crippen molar-refractivity contribution >= 4 is 16.9 Å². The van der Waals surface area contributed by atoms with E-state index in [2.05, 4.69) is 5.16 Å². The van der Waals surface area contributed by atoms with Gasteiger partial charge in [-0.15, -0.1) is 0 Å². The number of nitrogens with zero attached hydrogens (tertiary/aromatic N) is 1. The number of esters is 1. The molecule has 0 aliphatic rings. The lowest BCUT2D eigenvalue weighted by Crippen LogP contribution is -2.05. The van der Waals surface area contributed by atoms with Gasteiger partial charge in [0, 0.05) is 12.3 Å². The lowest BCUT2D eigenvalue weighted by molar-refractivity contribution is -0.145. The Balaban J connectivity index is 2.39. The summed E-state index contributed by atoms with van der Waals surface area (Å²) in [5.74, 6) is -0.324. The maximum Gasteiger partial charge on any atom is 0.303 e. The Bertz CT molecular complexity index is 489. The summed E-state index contributed by atoms with van der Waals surface area (Å²) in [5, 5.41) is 4.78. The van der Waals surface area contributed by atoms with Crippen LogP contribution >= 0.6 is 0 Å². The van der Waals surface area contributed by atoms with Gasteiger partial charge in [0.15, 0.2) is 5.58 Å². The SMILES string of the molecule is CC(=O)O[C@H](C)c1noc2ccccc12. The second kappa shape index (κ2) is 3.73. The minimum Gasteiger partial charge on any atom is -0.456 e. The van der Waals surface area contributed by atoms with Crippen LogP contribution in [0.25, 0.3) is 11.0 Å². The van der Waals surface area contributed by atoms with Crippen LogP contribution < -0.4 is 0 Å². The lowest BCUT2D eigenvalue weighted by Gasteiger charge is -2.07. The standard InChI is InChI=1S/C11H11NO3/c1-7(14-8(2)13)11-9-5-3-4-6-10(9)15-12-11/h3-7H,1-2H3/t7-/m1/s1. The Morgan fingerprint density at radius 2 is 2.20 bits per heavy atom. The van der Waals surface area contributed by atoms with Gasteiger partial charge >= 0.3 is 5.97 Å². The molecule has 0 N–H and O–H groups in total. The Hall–Kier alpha value is -1.84. The third kappa shape index (κ3) is 1.83. The third-order valence-electron chi connectivity index (χ3n) is 2.13. The van der Waals surface area contributed by atoms with E-state index >= 15 is 0 Å². The summed E-state index contributed by atoms with van der Waals surface area (Å²) in [7, 11) is 0. The highest BCUT2D eigenvalue weighted by molar-refractivity contribution is 5.79. The first-order chi connectivity index (χ1) is 7.18. The highest BCUT2D eigenvalue weighted by Gasteiger charge is 2.16. The predicted octanol–water partition coefficient (Wildman–Crippen LogP) is 2.45. The van der Waals surface area contributed by atoms with Gasteiger partial charge in [0.25, 0.3) is 0 Å². The molecule has 2 rings (SSSR count). The zero-order chi connectivity index (χ0) is 10.8. The van der Waals surface area contributed by atoms with Crippen molar-refractivity contribution in [2.45, 2.75) is 20.0 Å². The number of carbonyl (C=O) groups is 1. The van der Waals surface area contributed by atoms with E-state index in [1.807, 2.05) is 24.3 Å². The molecule has 1 aromatic heterocycles. The van der Waals surface area contributed by atoms with Crippen LogP contribution in [0.1, 0.15) is 25.6 Å². The van der Waals surface area contributed by atoms with Crippen molar-refractivity contribution in [1.82, 2.24) is 5.16 Å². The third-order valence-corrected chi connectivity index (χ3v) is 2.13. The normalized spacial score (nSPS) is 12.7. The van der Waals surface area contributed by atoms with Crippen molar-refractivity contribution in [2.75, 3.05) is 0 Å². The van der Waals surface area contributed by atoms with Crippen molar-refractivity contribution in [3.05, 3.63) is 30.0 Å². The molecule has 1 heterocycles. The Labute approximate surface area is 86.8 Å². The molecule has 0 fully saturated rings. The van der Waals surface area contributed by atoms with E-state index in [4.69, 9.17) is 9.26 Å². The van der Waals surface area contributed by atoms with E-state index in [0.29, 0.717) is 11.3 Å². The van der Waals surface area contributed by atoms with Crippen molar-refractivity contribution in [3.63, 3.8) is 0 Å². The van der Waals surface area contributed by atoms with E-state index in [-0.39, 0.29) is 12.1 Å². The van der Waals surface area contributed by atoms with E-state index in [9.17, 15) is 4.79 Å². The fourth-order valence-electron chi connectivity index (χ4n) is 1.50. The summed E-state index contributed by atoms with van der Waals surface area (Å²) in [6.07, 6.45) is -0.383. The maximum atomic E-state index is 10.8. The Morgan fingerprint density at radius 3 is 2.93 bits per heavy atom. The molecular formula is C11H11NO3. The summed E-state index contributed by atoms with van der Waals surface area (Å²) in [6.45, 7) is 3.14. The largest absolute Gasteiger partial charge is 0.456 e. The van der Waals surface area contributed by atoms with Gasteiger partial charge in [0.2, 0.25) is 0 Å². The number of benzene rings is 1. The summed E-state index contributed by atoms with van der Waals surface area (Å²) >= 11 is 0. The van der Waals surface area contributed by atoms with Crippen LogP contribution in [-0.2, 0) is 9.53 Å². The molecule has 2 aromatic rings. The molecule has 0 bridgehead atoms. The first-order valence-corrected chi connectivity index (χ1v) is 4.70. The smallest absolute Gasteiger partial charge is 0.303 e. The molecule has 0 saturated carbocycles. The monoisotopic (exact) mass is 205 g/mol. The number of ether oxygens (including phenoxy) is 1. The summed E-state index contributed by atoms with van der Waals surface area (Å²) in [5.41, 5.74) is 1.35. The second-order valence-corrected chi connectivity index (χ2v) is 3.32. The quantitative estimate of drug-likeness (QED) is 0.706. The highest BCUT2D eigenvalue weighted by Crippen LogP contribution is 2.25. The minimum atomic E-state index is -0.383. The number of hydrogen-bond acceptors (Lipinski definition) is 4. The first kappa shape index (κ1) is 9.71. The molecule has 0 aliphatic heterocycles. The zero-order valence-electron chi connectivity index (χ0n) is 8.56. The molecule has 0 spiro atoms. The van der Waals surface area contributed by atoms with Crippen LogP contribution in [0.3, 0.4) is 0 Å². The van der Waals surface area contributed by atoms with Crippen LogP contribution in [0.15, 0.2) is 28.8 Å². The predicted molar refractivity (Wildman–Crippen MR) is 54.2 cm³/mol. The van der Waals surface area contributed by atoms with Crippen molar-refractivity contribution in [1.29, 1.82) is 0 Å². The van der Waals surface area contributed by atoms with Gasteiger partial charge < -0.3 is 9.26 Å². The van der Waals surface area contributed by atoms with Gasteiger partial charge in [-0.1, -0.05) is 17.3 Å². The summed E-state index contributed by atoms with van der Waals surface area (Å²) in [4.78, 5) is 10.8. The van der Waals surface area contributed by atoms with Crippen LogP contribution in [0.4, 0.5) is 0 Å². The molecular weight excluding hydrogens is 194 g/mol. The second-order valence-electron chi connectivity index (χ2n) is 3.32. The molecule has 78 valence electrons. The Kier molecular flexibility index (Phi) is 2.41. The van der Waals surface area contributed by atoms with Crippen molar-refractivity contribution in [2.24, 2.45) is 0 Å². The molecule has 1 aromatic carbocycles. The fourth-order valence-corrected chi connectivity index (χ4v) is 1.50. The molecule has 0 aliphatic carbocycles. The number of carbonyl (C=O) groups excluding carboxylic acids is 1. The molecule has 15 heavy (non-hydrogen) atoms. The van der Waals surface area contributed by atoms with Crippen LogP contribution in [0.2, 0.25) is 0 Å². The lowest BCUT2D eigenvalue weighted by atomic mass is 10.1. The van der Waals surface area contributed by atoms with Gasteiger partial charge in [-0.3, -0.25) is 4.79 Å². The highest BCUT2D eigenvalue weighted by atomic mass is 16.5. The zero-order valence-corrected chi connectivity index (χ0v) is 8.56. The number of hydrogen-bond donors (Lipinski definition) is 0. The average molecular weight is 205 g/mol. The summed E-state index contributed by atoms with van der Waals surface area (Å²) < 4.78 is 10.2. The summed E-state index contributed by atoms with van der Waals surface area (Å²) in [6, 6.07) is 7.48. The number of para-hydroxylation sites is 1. The van der Waals surface area contributed by atoms with Gasteiger partial charge in [-0.2, -0.15) is 0 Å². The molecule has 4 heteroatoms. The number of aromatic nitrogens is 1. The topological polar surface area (TPSA) is 52.3 Å². The fraction of sp³-hybridized carbons (Fsp3) is 0.273. The van der Waals surface area contributed by atoms with E-state index < -0.39 is 0 Å². The van der Waals surface area contributed by atoms with Crippen LogP contribution in [0, 0.1) is 0 Å². The molecule has 0 saturated heterocycles. The molecule has 0 unspecified atom stereocenters. The minimum absolute atomic E-state index is 0.324. The van der Waals surface area contributed by atoms with Gasteiger partial charge in [-0.05, 0) is 19.1 Å². The van der Waals surface area contributed by atoms with Gasteiger partial charge in [-0.25, -0.2) is 0 Å². The van der Waals surface area contributed by atoms with Crippen molar-refractivity contribution < 1.29 is 14.1 Å². The molecule has 0 amide bonds. The van der Waals surface area contributed by atoms with E-state index in [1.54, 1.807) is 6.92 Å². The maximum absolute atomic E-state index is 10.8. The molecule has 0 radical (unpaired) electrons. The average Bonchev–Trinajstić information content (AvgIpc) is 2.59. The number of rotatable bonds is 2. The van der Waals surface area contributed by atoms with E-state index in [0.717, 1.165) is 5.39 Å². The molecule has 1 atom stereocenters. The van der Waals surface area contributed by atoms with Gasteiger partial charge in [0.05, 0.1) is 0 Å². The Morgan fingerprint density at radius 1 is 1.47 bits per heavy atom. The number of fused-ring (bicyclic) bond motifs is 1. The molecule has 4 nitrogen and oxygen atoms in total. The van der Waals surface area contributed by atoms with Crippen molar-refractivity contribution in [3.8, 4) is 0 Å². The van der Waals surface area contributed by atoms with Crippen LogP contribution in [-0.4, -0.2) is 11.1 Å². The van der Waals surface area contributed by atoms with Crippen LogP contribution in [0.5, 0.6) is 0 Å².